The van der Waals surface area contributed by atoms with Crippen molar-refractivity contribution in [1.82, 2.24) is 0 Å². The summed E-state index contributed by atoms with van der Waals surface area (Å²) in [6, 6.07) is 0. The van der Waals surface area contributed by atoms with Gasteiger partial charge >= 0.3 is 0 Å². The molecule has 0 fully saturated rings. The Hall–Kier alpha value is -1.44. The van der Waals surface area contributed by atoms with Gasteiger partial charge in [-0.2, -0.15) is 0 Å². The summed E-state index contributed by atoms with van der Waals surface area (Å²) in [4.78, 5) is 0. The molecule has 0 aliphatic rings. The highest BCUT2D eigenvalue weighted by molar-refractivity contribution is 5.44. The van der Waals surface area contributed by atoms with Crippen LogP contribution in [0.15, 0.2) is 48.4 Å². The fourth-order valence-corrected chi connectivity index (χ4v) is 0.775. The van der Waals surface area contributed by atoms with Crippen LogP contribution in [0.3, 0.4) is 0 Å². The Morgan fingerprint density at radius 3 is 2.17 bits per heavy atom. The number of allylic oxidation sites excluding steroid dienone is 5. The first kappa shape index (κ1) is 10.6. The van der Waals surface area contributed by atoms with Crippen LogP contribution in [0, 0.1) is 0 Å². The lowest BCUT2D eigenvalue weighted by Gasteiger charge is -1.99. The predicted molar refractivity (Wildman–Crippen MR) is 54.2 cm³/mol. The quantitative estimate of drug-likeness (QED) is 0.623. The van der Waals surface area contributed by atoms with Gasteiger partial charge in [0, 0.05) is 12.4 Å². The van der Waals surface area contributed by atoms with Gasteiger partial charge in [0.25, 0.3) is 0 Å². The van der Waals surface area contributed by atoms with Crippen LogP contribution >= 0.6 is 0 Å². The van der Waals surface area contributed by atoms with Gasteiger partial charge in [-0.05, 0) is 17.6 Å². The monoisotopic (exact) mass is 164 g/mol. The van der Waals surface area contributed by atoms with Crippen LogP contribution in [0.25, 0.3) is 0 Å². The maximum atomic E-state index is 5.41. The van der Waals surface area contributed by atoms with Crippen molar-refractivity contribution in [2.75, 3.05) is 0 Å². The summed E-state index contributed by atoms with van der Waals surface area (Å²) in [5, 5.41) is 0. The predicted octanol–water partition coefficient (Wildman–Crippen LogP) is 1.82. The lowest BCUT2D eigenvalue weighted by molar-refractivity contribution is 1.22. The van der Waals surface area contributed by atoms with Crippen molar-refractivity contribution in [3.8, 4) is 0 Å². The van der Waals surface area contributed by atoms with Gasteiger partial charge in [0.05, 0.1) is 0 Å². The smallest absolute Gasteiger partial charge is 0.00180 e. The molecule has 0 saturated carbocycles. The van der Waals surface area contributed by atoms with Crippen molar-refractivity contribution >= 4 is 0 Å². The molecule has 0 saturated heterocycles. The maximum absolute atomic E-state index is 5.41. The molecule has 4 N–H and O–H groups in total. The summed E-state index contributed by atoms with van der Waals surface area (Å²) in [5.41, 5.74) is 12.5. The Morgan fingerprint density at radius 1 is 1.25 bits per heavy atom. The normalized spacial score (nSPS) is 13.8. The molecule has 0 spiro atoms. The zero-order valence-electron chi connectivity index (χ0n) is 7.46. The fraction of sp³-hybridized carbons (Fsp3) is 0.200. The zero-order valence-corrected chi connectivity index (χ0v) is 7.46. The lowest BCUT2D eigenvalue weighted by atomic mass is 10.1. The lowest BCUT2D eigenvalue weighted by Crippen LogP contribution is -1.92. The van der Waals surface area contributed by atoms with Gasteiger partial charge in [-0.3, -0.25) is 0 Å². The first-order valence-corrected chi connectivity index (χ1v) is 3.93. The molecule has 0 radical (unpaired) electrons. The van der Waals surface area contributed by atoms with E-state index >= 15 is 0 Å². The molecule has 2 nitrogen and oxygen atoms in total. The molecule has 0 aromatic heterocycles. The van der Waals surface area contributed by atoms with E-state index in [0.29, 0.717) is 0 Å². The Balaban J connectivity index is 4.57. The summed E-state index contributed by atoms with van der Waals surface area (Å²) in [7, 11) is 0. The average Bonchev–Trinajstić information content (AvgIpc) is 2.12. The molecular weight excluding hydrogens is 148 g/mol. The van der Waals surface area contributed by atoms with Crippen LogP contribution in [0.5, 0.6) is 0 Å². The molecule has 0 unspecified atom stereocenters. The van der Waals surface area contributed by atoms with Crippen molar-refractivity contribution in [2.24, 2.45) is 11.5 Å². The van der Waals surface area contributed by atoms with Crippen molar-refractivity contribution in [3.63, 3.8) is 0 Å². The van der Waals surface area contributed by atoms with Crippen molar-refractivity contribution < 1.29 is 0 Å². The van der Waals surface area contributed by atoms with E-state index in [1.54, 1.807) is 6.08 Å². The van der Waals surface area contributed by atoms with E-state index in [1.807, 2.05) is 12.2 Å². The van der Waals surface area contributed by atoms with E-state index in [0.717, 1.165) is 17.6 Å². The Labute approximate surface area is 73.9 Å². The second-order valence-corrected chi connectivity index (χ2v) is 2.26. The van der Waals surface area contributed by atoms with Crippen LogP contribution in [0.1, 0.15) is 13.3 Å². The molecule has 0 atom stereocenters. The van der Waals surface area contributed by atoms with E-state index < -0.39 is 0 Å². The summed E-state index contributed by atoms with van der Waals surface area (Å²) >= 11 is 0. The first-order valence-electron chi connectivity index (χ1n) is 3.93. The van der Waals surface area contributed by atoms with E-state index in [1.165, 1.54) is 12.4 Å². The minimum absolute atomic E-state index is 0.849. The molecule has 12 heavy (non-hydrogen) atoms. The van der Waals surface area contributed by atoms with Crippen LogP contribution in [0.4, 0.5) is 0 Å². The Bertz CT molecular complexity index is 222. The van der Waals surface area contributed by atoms with Gasteiger partial charge in [0.1, 0.15) is 0 Å². The molecule has 0 rings (SSSR count). The molecule has 0 aliphatic carbocycles. The largest absolute Gasteiger partial charge is 0.404 e. The summed E-state index contributed by atoms with van der Waals surface area (Å²) < 4.78 is 0. The molecule has 0 amide bonds. The minimum atomic E-state index is 0.849. The third-order valence-corrected chi connectivity index (χ3v) is 1.45. The molecular formula is C10H16N2. The number of hydrogen-bond acceptors (Lipinski definition) is 2. The highest BCUT2D eigenvalue weighted by atomic mass is 14.5. The average molecular weight is 164 g/mol. The van der Waals surface area contributed by atoms with Crippen molar-refractivity contribution in [1.29, 1.82) is 0 Å². The van der Waals surface area contributed by atoms with Crippen molar-refractivity contribution in [2.45, 2.75) is 13.3 Å². The SMILES string of the molecule is C=CC(=C\N)/C(/C=C\CC)=C/N. The van der Waals surface area contributed by atoms with Crippen LogP contribution < -0.4 is 11.5 Å². The Morgan fingerprint density at radius 2 is 1.83 bits per heavy atom. The van der Waals surface area contributed by atoms with Crippen LogP contribution in [-0.2, 0) is 0 Å². The topological polar surface area (TPSA) is 52.0 Å². The van der Waals surface area contributed by atoms with Crippen LogP contribution in [0.2, 0.25) is 0 Å². The van der Waals surface area contributed by atoms with Gasteiger partial charge in [0.15, 0.2) is 0 Å². The second-order valence-electron chi connectivity index (χ2n) is 2.26. The number of rotatable bonds is 4. The first-order chi connectivity index (χ1) is 5.79. The highest BCUT2D eigenvalue weighted by Gasteiger charge is 1.93. The fourth-order valence-electron chi connectivity index (χ4n) is 0.775. The molecule has 0 aromatic carbocycles. The third-order valence-electron chi connectivity index (χ3n) is 1.45. The number of hydrogen-bond donors (Lipinski definition) is 2. The zero-order chi connectivity index (χ0) is 9.40. The summed E-state index contributed by atoms with van der Waals surface area (Å²) in [6.07, 6.45) is 9.62. The molecule has 2 heteroatoms. The third kappa shape index (κ3) is 3.10. The van der Waals surface area contributed by atoms with Gasteiger partial charge in [-0.25, -0.2) is 0 Å². The van der Waals surface area contributed by atoms with E-state index in [4.69, 9.17) is 11.5 Å². The summed E-state index contributed by atoms with van der Waals surface area (Å²) in [5.74, 6) is 0. The van der Waals surface area contributed by atoms with Crippen molar-refractivity contribution in [3.05, 3.63) is 48.4 Å². The van der Waals surface area contributed by atoms with E-state index in [9.17, 15) is 0 Å². The maximum Gasteiger partial charge on any atom is 0.00180 e. The number of nitrogens with two attached hydrogens (primary N) is 2. The molecule has 0 bridgehead atoms. The van der Waals surface area contributed by atoms with E-state index in [2.05, 4.69) is 13.5 Å². The second kappa shape index (κ2) is 6.28. The molecule has 0 aliphatic heterocycles. The molecule has 0 aromatic rings. The summed E-state index contributed by atoms with van der Waals surface area (Å²) in [6.45, 7) is 5.69. The van der Waals surface area contributed by atoms with E-state index in [-0.39, 0.29) is 0 Å². The van der Waals surface area contributed by atoms with Crippen LogP contribution in [-0.4, -0.2) is 0 Å². The molecule has 66 valence electrons. The van der Waals surface area contributed by atoms with Gasteiger partial charge < -0.3 is 11.5 Å². The highest BCUT2D eigenvalue weighted by Crippen LogP contribution is 2.10. The molecule has 0 heterocycles. The van der Waals surface area contributed by atoms with Gasteiger partial charge in [0.2, 0.25) is 0 Å². The van der Waals surface area contributed by atoms with Gasteiger partial charge in [-0.15, -0.1) is 0 Å². The standard InChI is InChI=1S/C10H16N2/c1-3-5-6-10(8-12)9(4-2)7-11/h4-8H,2-3,11-12H2,1H3/b6-5-,9-7+,10-8+. The minimum Gasteiger partial charge on any atom is -0.404 e. The Kier molecular flexibility index (Phi) is 5.53. The van der Waals surface area contributed by atoms with Gasteiger partial charge in [-0.1, -0.05) is 31.7 Å².